The van der Waals surface area contributed by atoms with Gasteiger partial charge < -0.3 is 10.2 Å². The molecular weight excluding hydrogens is 402 g/mol. The van der Waals surface area contributed by atoms with Crippen LogP contribution >= 0.6 is 11.6 Å². The Morgan fingerprint density at radius 1 is 1.14 bits per heavy atom. The van der Waals surface area contributed by atoms with Crippen LogP contribution in [0.1, 0.15) is 12.0 Å². The van der Waals surface area contributed by atoms with E-state index >= 15 is 0 Å². The molecule has 0 unspecified atom stereocenters. The number of benzene rings is 2. The highest BCUT2D eigenvalue weighted by molar-refractivity contribution is 7.89. The second-order valence-corrected chi connectivity index (χ2v) is 8.61. The standard InChI is InChI=1S/C19H20ClN3O4S/c20-15-3-5-16(6-4-15)23-12-14(11-18(23)24)19(25)22-10-9-13-1-7-17(8-2-13)28(21,26)27/h1-8,14H,9-12H2,(H,22,25)(H2,21,26,27)/t14-/m0/s1. The van der Waals surface area contributed by atoms with Crippen molar-refractivity contribution in [2.24, 2.45) is 11.1 Å². The van der Waals surface area contributed by atoms with Gasteiger partial charge >= 0.3 is 0 Å². The average molecular weight is 422 g/mol. The number of carbonyl (C=O) groups is 2. The van der Waals surface area contributed by atoms with Crippen LogP contribution in [-0.4, -0.2) is 33.3 Å². The first kappa shape index (κ1) is 20.3. The van der Waals surface area contributed by atoms with Gasteiger partial charge in [0.2, 0.25) is 21.8 Å². The summed E-state index contributed by atoms with van der Waals surface area (Å²) >= 11 is 5.87. The lowest BCUT2D eigenvalue weighted by atomic mass is 10.1. The summed E-state index contributed by atoms with van der Waals surface area (Å²) in [6.07, 6.45) is 0.704. The van der Waals surface area contributed by atoms with Crippen molar-refractivity contribution < 1.29 is 18.0 Å². The molecule has 3 N–H and O–H groups in total. The van der Waals surface area contributed by atoms with Crippen molar-refractivity contribution in [3.05, 3.63) is 59.1 Å². The first-order valence-electron chi connectivity index (χ1n) is 8.69. The molecule has 148 valence electrons. The predicted octanol–water partition coefficient (Wildman–Crippen LogP) is 1.70. The van der Waals surface area contributed by atoms with Gasteiger partial charge in [0.15, 0.2) is 0 Å². The number of hydrogen-bond acceptors (Lipinski definition) is 4. The summed E-state index contributed by atoms with van der Waals surface area (Å²) < 4.78 is 22.5. The average Bonchev–Trinajstić information content (AvgIpc) is 3.04. The molecule has 0 saturated carbocycles. The number of carbonyl (C=O) groups excluding carboxylic acids is 2. The van der Waals surface area contributed by atoms with Crippen molar-refractivity contribution in [3.8, 4) is 0 Å². The van der Waals surface area contributed by atoms with Crippen molar-refractivity contribution >= 4 is 39.1 Å². The highest BCUT2D eigenvalue weighted by Crippen LogP contribution is 2.26. The number of sulfonamides is 1. The molecular formula is C19H20ClN3O4S. The van der Waals surface area contributed by atoms with Crippen LogP contribution in [-0.2, 0) is 26.0 Å². The predicted molar refractivity (Wildman–Crippen MR) is 106 cm³/mol. The molecule has 2 aromatic rings. The second-order valence-electron chi connectivity index (χ2n) is 6.61. The van der Waals surface area contributed by atoms with Crippen LogP contribution in [0.25, 0.3) is 0 Å². The Balaban J connectivity index is 1.51. The minimum Gasteiger partial charge on any atom is -0.355 e. The van der Waals surface area contributed by atoms with E-state index in [4.69, 9.17) is 16.7 Å². The molecule has 0 spiro atoms. The van der Waals surface area contributed by atoms with Crippen LogP contribution < -0.4 is 15.4 Å². The summed E-state index contributed by atoms with van der Waals surface area (Å²) in [5, 5.41) is 8.49. The molecule has 28 heavy (non-hydrogen) atoms. The number of hydrogen-bond donors (Lipinski definition) is 2. The fourth-order valence-electron chi connectivity index (χ4n) is 3.07. The van der Waals surface area contributed by atoms with E-state index < -0.39 is 15.9 Å². The molecule has 1 fully saturated rings. The van der Waals surface area contributed by atoms with Crippen molar-refractivity contribution in [2.45, 2.75) is 17.7 Å². The summed E-state index contributed by atoms with van der Waals surface area (Å²) in [5.41, 5.74) is 1.60. The van der Waals surface area contributed by atoms with Crippen molar-refractivity contribution in [2.75, 3.05) is 18.0 Å². The minimum atomic E-state index is -3.71. The Morgan fingerprint density at radius 2 is 1.79 bits per heavy atom. The van der Waals surface area contributed by atoms with Crippen LogP contribution in [0.15, 0.2) is 53.4 Å². The molecule has 2 amide bonds. The molecule has 2 aromatic carbocycles. The van der Waals surface area contributed by atoms with Crippen LogP contribution in [0.3, 0.4) is 0 Å². The summed E-state index contributed by atoms with van der Waals surface area (Å²) in [6.45, 7) is 0.717. The monoisotopic (exact) mass is 421 g/mol. The van der Waals surface area contributed by atoms with Crippen LogP contribution in [0.4, 0.5) is 5.69 Å². The molecule has 1 saturated heterocycles. The minimum absolute atomic E-state index is 0.0482. The molecule has 3 rings (SSSR count). The Morgan fingerprint density at radius 3 is 2.39 bits per heavy atom. The highest BCUT2D eigenvalue weighted by Gasteiger charge is 2.34. The number of nitrogens with two attached hydrogens (primary N) is 1. The third kappa shape index (κ3) is 4.89. The summed E-state index contributed by atoms with van der Waals surface area (Å²) in [5.74, 6) is -0.681. The van der Waals surface area contributed by atoms with E-state index in [1.54, 1.807) is 41.3 Å². The van der Waals surface area contributed by atoms with Gasteiger partial charge in [-0.25, -0.2) is 13.6 Å². The third-order valence-electron chi connectivity index (χ3n) is 4.60. The second kappa shape index (κ2) is 8.30. The lowest BCUT2D eigenvalue weighted by Crippen LogP contribution is -2.34. The van der Waals surface area contributed by atoms with Gasteiger partial charge in [-0.2, -0.15) is 0 Å². The van der Waals surface area contributed by atoms with Crippen molar-refractivity contribution in [3.63, 3.8) is 0 Å². The van der Waals surface area contributed by atoms with Gasteiger partial charge in [-0.05, 0) is 48.4 Å². The van der Waals surface area contributed by atoms with E-state index in [1.807, 2.05) is 0 Å². The van der Waals surface area contributed by atoms with E-state index in [1.165, 1.54) is 12.1 Å². The van der Waals surface area contributed by atoms with E-state index in [-0.39, 0.29) is 23.1 Å². The smallest absolute Gasteiger partial charge is 0.238 e. The summed E-state index contributed by atoms with van der Waals surface area (Å²) in [4.78, 5) is 26.3. The van der Waals surface area contributed by atoms with Gasteiger partial charge in [0.1, 0.15) is 0 Å². The Bertz CT molecular complexity index is 975. The highest BCUT2D eigenvalue weighted by atomic mass is 35.5. The molecule has 1 atom stereocenters. The molecule has 0 aromatic heterocycles. The van der Waals surface area contributed by atoms with E-state index in [0.29, 0.717) is 24.5 Å². The first-order chi connectivity index (χ1) is 13.2. The lowest BCUT2D eigenvalue weighted by Gasteiger charge is -2.16. The molecule has 9 heteroatoms. The fraction of sp³-hybridized carbons (Fsp3) is 0.263. The maximum atomic E-state index is 12.4. The number of amides is 2. The van der Waals surface area contributed by atoms with Gasteiger partial charge in [-0.1, -0.05) is 23.7 Å². The number of nitrogens with zero attached hydrogens (tertiary/aromatic N) is 1. The summed E-state index contributed by atoms with van der Waals surface area (Å²) in [6, 6.07) is 13.1. The first-order valence-corrected chi connectivity index (χ1v) is 10.6. The fourth-order valence-corrected chi connectivity index (χ4v) is 3.72. The summed E-state index contributed by atoms with van der Waals surface area (Å²) in [7, 11) is -3.71. The largest absolute Gasteiger partial charge is 0.355 e. The zero-order valence-corrected chi connectivity index (χ0v) is 16.5. The van der Waals surface area contributed by atoms with Gasteiger partial charge in [0.05, 0.1) is 10.8 Å². The van der Waals surface area contributed by atoms with Crippen LogP contribution in [0.5, 0.6) is 0 Å². The van der Waals surface area contributed by atoms with E-state index in [2.05, 4.69) is 5.32 Å². The number of primary sulfonamides is 1. The maximum absolute atomic E-state index is 12.4. The zero-order chi connectivity index (χ0) is 20.3. The normalized spacial score (nSPS) is 17.0. The van der Waals surface area contributed by atoms with E-state index in [9.17, 15) is 18.0 Å². The van der Waals surface area contributed by atoms with Crippen LogP contribution in [0.2, 0.25) is 5.02 Å². The quantitative estimate of drug-likeness (QED) is 0.739. The molecule has 1 heterocycles. The van der Waals surface area contributed by atoms with Gasteiger partial charge in [0.25, 0.3) is 0 Å². The topological polar surface area (TPSA) is 110 Å². The molecule has 0 radical (unpaired) electrons. The Hall–Kier alpha value is -2.42. The molecule has 0 aliphatic carbocycles. The van der Waals surface area contributed by atoms with Gasteiger partial charge in [-0.15, -0.1) is 0 Å². The van der Waals surface area contributed by atoms with Crippen molar-refractivity contribution in [1.82, 2.24) is 5.32 Å². The van der Waals surface area contributed by atoms with Crippen LogP contribution in [0, 0.1) is 5.92 Å². The van der Waals surface area contributed by atoms with Gasteiger partial charge in [-0.3, -0.25) is 9.59 Å². The number of anilines is 1. The van der Waals surface area contributed by atoms with Crippen molar-refractivity contribution in [1.29, 1.82) is 0 Å². The SMILES string of the molecule is NS(=O)(=O)c1ccc(CCNC(=O)[C@H]2CC(=O)N(c3ccc(Cl)cc3)C2)cc1. The van der Waals surface area contributed by atoms with Gasteiger partial charge in [0, 0.05) is 30.2 Å². The molecule has 0 bridgehead atoms. The lowest BCUT2D eigenvalue weighted by molar-refractivity contribution is -0.126. The number of rotatable bonds is 6. The third-order valence-corrected chi connectivity index (χ3v) is 5.78. The molecule has 7 nitrogen and oxygen atoms in total. The molecule has 1 aliphatic heterocycles. The number of halogens is 1. The van der Waals surface area contributed by atoms with E-state index in [0.717, 1.165) is 11.3 Å². The zero-order valence-electron chi connectivity index (χ0n) is 15.0. The Labute approximate surface area is 168 Å². The number of nitrogens with one attached hydrogen (secondary N) is 1. The maximum Gasteiger partial charge on any atom is 0.238 e. The Kier molecular flexibility index (Phi) is 6.02. The molecule has 1 aliphatic rings.